The van der Waals surface area contributed by atoms with E-state index in [2.05, 4.69) is 26.0 Å². The van der Waals surface area contributed by atoms with Crippen LogP contribution in [-0.4, -0.2) is 22.4 Å². The molecule has 2 atom stereocenters. The zero-order valence-electron chi connectivity index (χ0n) is 11.4. The summed E-state index contributed by atoms with van der Waals surface area (Å²) >= 11 is 0. The first kappa shape index (κ1) is 14.5. The molecule has 2 nitrogen and oxygen atoms in total. The van der Waals surface area contributed by atoms with E-state index in [1.165, 1.54) is 5.57 Å². The molecule has 2 unspecified atom stereocenters. The summed E-state index contributed by atoms with van der Waals surface area (Å²) in [5.74, 6) is 0.314. The van der Waals surface area contributed by atoms with Crippen LogP contribution in [0.25, 0.3) is 0 Å². The predicted octanol–water partition coefficient (Wildman–Crippen LogP) is 3.20. The molecule has 0 aromatic carbocycles. The van der Waals surface area contributed by atoms with Crippen LogP contribution in [0.15, 0.2) is 23.3 Å². The summed E-state index contributed by atoms with van der Waals surface area (Å²) in [4.78, 5) is 0. The average molecular weight is 238 g/mol. The molecule has 0 aromatic rings. The average Bonchev–Trinajstić information content (AvgIpc) is 2.32. The first-order valence-electron chi connectivity index (χ1n) is 6.62. The van der Waals surface area contributed by atoms with Crippen molar-refractivity contribution < 1.29 is 10.2 Å². The van der Waals surface area contributed by atoms with Crippen LogP contribution in [0.2, 0.25) is 0 Å². The van der Waals surface area contributed by atoms with E-state index in [0.29, 0.717) is 5.92 Å². The Hall–Kier alpha value is -0.600. The molecule has 0 heterocycles. The van der Waals surface area contributed by atoms with E-state index in [1.54, 1.807) is 0 Å². The fourth-order valence-electron chi connectivity index (χ4n) is 2.33. The second-order valence-corrected chi connectivity index (χ2v) is 5.55. The minimum Gasteiger partial charge on any atom is -0.392 e. The van der Waals surface area contributed by atoms with E-state index in [4.69, 9.17) is 5.11 Å². The molecule has 0 saturated heterocycles. The quantitative estimate of drug-likeness (QED) is 0.722. The van der Waals surface area contributed by atoms with Gasteiger partial charge in [-0.25, -0.2) is 0 Å². The zero-order valence-corrected chi connectivity index (χ0v) is 11.4. The molecule has 1 aliphatic carbocycles. The van der Waals surface area contributed by atoms with E-state index in [9.17, 15) is 5.11 Å². The predicted molar refractivity (Wildman–Crippen MR) is 71.8 cm³/mol. The number of allylic oxidation sites excluding steroid dienone is 2. The van der Waals surface area contributed by atoms with Gasteiger partial charge in [0.25, 0.3) is 0 Å². The summed E-state index contributed by atoms with van der Waals surface area (Å²) in [5, 5.41) is 19.5. The monoisotopic (exact) mass is 238 g/mol. The largest absolute Gasteiger partial charge is 0.392 e. The van der Waals surface area contributed by atoms with Gasteiger partial charge in [-0.1, -0.05) is 30.2 Å². The minimum absolute atomic E-state index is 0.139. The lowest BCUT2D eigenvalue weighted by molar-refractivity contribution is -0.0234. The van der Waals surface area contributed by atoms with Crippen LogP contribution in [-0.2, 0) is 0 Å². The van der Waals surface area contributed by atoms with Crippen LogP contribution in [0.4, 0.5) is 0 Å². The first-order chi connectivity index (χ1) is 7.98. The van der Waals surface area contributed by atoms with Crippen LogP contribution in [0.1, 0.15) is 52.9 Å². The van der Waals surface area contributed by atoms with Crippen molar-refractivity contribution in [3.05, 3.63) is 23.3 Å². The Morgan fingerprint density at radius 2 is 2.29 bits per heavy atom. The molecule has 17 heavy (non-hydrogen) atoms. The number of hydrogen-bond acceptors (Lipinski definition) is 2. The van der Waals surface area contributed by atoms with E-state index in [0.717, 1.165) is 37.7 Å². The summed E-state index contributed by atoms with van der Waals surface area (Å²) in [7, 11) is 0. The van der Waals surface area contributed by atoms with Crippen molar-refractivity contribution in [2.75, 3.05) is 6.61 Å². The van der Waals surface area contributed by atoms with Crippen LogP contribution in [0.5, 0.6) is 0 Å². The van der Waals surface area contributed by atoms with Gasteiger partial charge in [-0.3, -0.25) is 0 Å². The topological polar surface area (TPSA) is 40.5 Å². The van der Waals surface area contributed by atoms with Gasteiger partial charge in [0, 0.05) is 0 Å². The highest BCUT2D eigenvalue weighted by Crippen LogP contribution is 2.35. The maximum absolute atomic E-state index is 10.6. The van der Waals surface area contributed by atoms with E-state index < -0.39 is 5.60 Å². The van der Waals surface area contributed by atoms with E-state index >= 15 is 0 Å². The molecular weight excluding hydrogens is 212 g/mol. The first-order valence-corrected chi connectivity index (χ1v) is 6.62. The SMILES string of the molecule is CC1=CCC(O)(C(C)CC/C=C(\C)CO)CC1. The molecule has 0 radical (unpaired) electrons. The van der Waals surface area contributed by atoms with Crippen molar-refractivity contribution in [3.8, 4) is 0 Å². The Morgan fingerprint density at radius 1 is 1.59 bits per heavy atom. The Labute approximate surface area is 105 Å². The molecule has 0 spiro atoms. The summed E-state index contributed by atoms with van der Waals surface area (Å²) < 4.78 is 0. The van der Waals surface area contributed by atoms with E-state index in [-0.39, 0.29) is 6.61 Å². The minimum atomic E-state index is -0.513. The maximum atomic E-state index is 10.6. The van der Waals surface area contributed by atoms with Crippen LogP contribution in [0.3, 0.4) is 0 Å². The van der Waals surface area contributed by atoms with Gasteiger partial charge in [0.1, 0.15) is 0 Å². The molecule has 0 aliphatic heterocycles. The Kier molecular flexibility index (Phi) is 5.41. The lowest BCUT2D eigenvalue weighted by Gasteiger charge is -2.36. The van der Waals surface area contributed by atoms with Gasteiger partial charge >= 0.3 is 0 Å². The van der Waals surface area contributed by atoms with Gasteiger partial charge in [-0.2, -0.15) is 0 Å². The van der Waals surface area contributed by atoms with Gasteiger partial charge in [0.15, 0.2) is 0 Å². The summed E-state index contributed by atoms with van der Waals surface area (Å²) in [6.45, 7) is 6.35. The molecule has 0 bridgehead atoms. The maximum Gasteiger partial charge on any atom is 0.0710 e. The molecule has 1 rings (SSSR count). The molecule has 0 amide bonds. The Balaban J connectivity index is 2.44. The highest BCUT2D eigenvalue weighted by Gasteiger charge is 2.33. The number of rotatable bonds is 5. The van der Waals surface area contributed by atoms with Gasteiger partial charge in [0.05, 0.1) is 12.2 Å². The van der Waals surface area contributed by atoms with Crippen molar-refractivity contribution in [1.29, 1.82) is 0 Å². The highest BCUT2D eigenvalue weighted by molar-refractivity contribution is 5.09. The number of aliphatic hydroxyl groups excluding tert-OH is 1. The third-order valence-electron chi connectivity index (χ3n) is 4.02. The van der Waals surface area contributed by atoms with Crippen LogP contribution in [0, 0.1) is 5.92 Å². The van der Waals surface area contributed by atoms with E-state index in [1.807, 2.05) is 6.92 Å². The smallest absolute Gasteiger partial charge is 0.0710 e. The molecule has 0 fully saturated rings. The van der Waals surface area contributed by atoms with Crippen LogP contribution < -0.4 is 0 Å². The van der Waals surface area contributed by atoms with Crippen molar-refractivity contribution in [2.45, 2.75) is 58.5 Å². The lowest BCUT2D eigenvalue weighted by atomic mass is 9.75. The molecule has 98 valence electrons. The van der Waals surface area contributed by atoms with Gasteiger partial charge in [0.2, 0.25) is 0 Å². The second-order valence-electron chi connectivity index (χ2n) is 5.55. The molecule has 0 aromatic heterocycles. The van der Waals surface area contributed by atoms with Crippen molar-refractivity contribution in [2.24, 2.45) is 5.92 Å². The fourth-order valence-corrected chi connectivity index (χ4v) is 2.33. The van der Waals surface area contributed by atoms with Crippen molar-refractivity contribution >= 4 is 0 Å². The molecule has 1 aliphatic rings. The molecular formula is C15H26O2. The summed E-state index contributed by atoms with van der Waals surface area (Å²) in [5.41, 5.74) is 1.90. The second kappa shape index (κ2) is 6.36. The normalized spacial score (nSPS) is 27.8. The third kappa shape index (κ3) is 4.29. The van der Waals surface area contributed by atoms with Gasteiger partial charge in [-0.05, 0) is 51.9 Å². The fraction of sp³-hybridized carbons (Fsp3) is 0.733. The Morgan fingerprint density at radius 3 is 2.82 bits per heavy atom. The summed E-state index contributed by atoms with van der Waals surface area (Å²) in [6, 6.07) is 0. The standard InChI is InChI=1S/C15H26O2/c1-12-7-9-15(17,10-8-12)14(3)6-4-5-13(2)11-16/h5,7,14,16-17H,4,6,8-11H2,1-3H3/b13-5+. The molecule has 2 N–H and O–H groups in total. The number of aliphatic hydroxyl groups is 2. The number of hydrogen-bond donors (Lipinski definition) is 2. The lowest BCUT2D eigenvalue weighted by Crippen LogP contribution is -2.37. The highest BCUT2D eigenvalue weighted by atomic mass is 16.3. The zero-order chi connectivity index (χ0) is 12.9. The van der Waals surface area contributed by atoms with Gasteiger partial charge in [-0.15, -0.1) is 0 Å². The third-order valence-corrected chi connectivity index (χ3v) is 4.02. The molecule has 0 saturated carbocycles. The van der Waals surface area contributed by atoms with Crippen molar-refractivity contribution in [1.82, 2.24) is 0 Å². The summed E-state index contributed by atoms with van der Waals surface area (Å²) in [6.07, 6.45) is 8.88. The molecule has 2 heteroatoms. The van der Waals surface area contributed by atoms with Crippen molar-refractivity contribution in [3.63, 3.8) is 0 Å². The van der Waals surface area contributed by atoms with Gasteiger partial charge < -0.3 is 10.2 Å². The van der Waals surface area contributed by atoms with Crippen LogP contribution >= 0.6 is 0 Å². The Bertz CT molecular complexity index is 304.